The van der Waals surface area contributed by atoms with Crippen molar-refractivity contribution in [1.29, 1.82) is 0 Å². The maximum Gasteiger partial charge on any atom is 0.255 e. The lowest BCUT2D eigenvalue weighted by molar-refractivity contribution is 0.0947. The van der Waals surface area contributed by atoms with Crippen LogP contribution in [0.4, 0.5) is 14.6 Å². The molecule has 1 amide bonds. The minimum Gasteiger partial charge on any atom is -0.496 e. The van der Waals surface area contributed by atoms with Crippen molar-refractivity contribution < 1.29 is 18.3 Å². The van der Waals surface area contributed by atoms with Crippen molar-refractivity contribution in [3.63, 3.8) is 0 Å². The molecule has 0 spiro atoms. The molecule has 1 fully saturated rings. The molecule has 0 bridgehead atoms. The predicted molar refractivity (Wildman–Crippen MR) is 127 cm³/mol. The number of aromatic nitrogens is 4. The third kappa shape index (κ3) is 4.16. The number of nitrogens with zero attached hydrogens (tertiary/aromatic N) is 4. The summed E-state index contributed by atoms with van der Waals surface area (Å²) in [4.78, 5) is 21.0. The highest BCUT2D eigenvalue weighted by Gasteiger charge is 2.25. The minimum absolute atomic E-state index is 0.153. The standard InChI is InChI=1S/C25H24F2N6O2/c1-35-20-9-5-4-8-16(20)25(34)29-12-17-18(26)10-14(11-19(17)27)22-21-23(28)30-13-31-24(21)33(32-22)15-6-2-3-7-15/h4-5,8-11,13,15H,2-3,6-7,12H2,1H3,(H,29,34)(H2,28,30,31). The van der Waals surface area contributed by atoms with Crippen molar-refractivity contribution in [2.45, 2.75) is 38.3 Å². The number of anilines is 1. The van der Waals surface area contributed by atoms with Crippen molar-refractivity contribution in [2.24, 2.45) is 0 Å². The van der Waals surface area contributed by atoms with Gasteiger partial charge in [0.15, 0.2) is 5.65 Å². The number of nitrogens with one attached hydrogen (secondary N) is 1. The Morgan fingerprint density at radius 3 is 2.60 bits per heavy atom. The molecule has 10 heteroatoms. The van der Waals surface area contributed by atoms with E-state index in [9.17, 15) is 4.79 Å². The summed E-state index contributed by atoms with van der Waals surface area (Å²) in [6, 6.07) is 9.15. The SMILES string of the molecule is COc1ccccc1C(=O)NCc1c(F)cc(-c2nn(C3CCCC3)c3ncnc(N)c23)cc1F. The molecule has 2 aromatic carbocycles. The summed E-state index contributed by atoms with van der Waals surface area (Å²) < 4.78 is 37.2. The molecule has 1 aliphatic carbocycles. The van der Waals surface area contributed by atoms with Gasteiger partial charge >= 0.3 is 0 Å². The molecule has 4 aromatic rings. The number of halogens is 2. The Balaban J connectivity index is 1.47. The van der Waals surface area contributed by atoms with E-state index in [2.05, 4.69) is 20.4 Å². The molecule has 5 rings (SSSR count). The van der Waals surface area contributed by atoms with Gasteiger partial charge in [0.25, 0.3) is 5.91 Å². The Morgan fingerprint density at radius 1 is 1.17 bits per heavy atom. The number of para-hydroxylation sites is 1. The number of hydrogen-bond donors (Lipinski definition) is 2. The molecule has 35 heavy (non-hydrogen) atoms. The summed E-state index contributed by atoms with van der Waals surface area (Å²) >= 11 is 0. The van der Waals surface area contributed by atoms with E-state index < -0.39 is 17.5 Å². The third-order valence-corrected chi connectivity index (χ3v) is 6.38. The number of ether oxygens (including phenoxy) is 1. The van der Waals surface area contributed by atoms with Crippen LogP contribution in [0.1, 0.15) is 47.6 Å². The number of hydrogen-bond acceptors (Lipinski definition) is 6. The Hall–Kier alpha value is -4.08. The van der Waals surface area contributed by atoms with Gasteiger partial charge in [0.1, 0.15) is 35.2 Å². The van der Waals surface area contributed by atoms with Crippen LogP contribution in [0.25, 0.3) is 22.3 Å². The van der Waals surface area contributed by atoms with Crippen LogP contribution in [0.3, 0.4) is 0 Å². The first-order valence-electron chi connectivity index (χ1n) is 11.4. The maximum absolute atomic E-state index is 15.1. The first kappa shape index (κ1) is 22.7. The summed E-state index contributed by atoms with van der Waals surface area (Å²) in [6.45, 7) is -0.336. The molecule has 0 aliphatic heterocycles. The number of benzene rings is 2. The normalized spacial score (nSPS) is 13.9. The summed E-state index contributed by atoms with van der Waals surface area (Å²) in [5, 5.41) is 7.68. The third-order valence-electron chi connectivity index (χ3n) is 6.38. The van der Waals surface area contributed by atoms with E-state index in [0.717, 1.165) is 25.7 Å². The van der Waals surface area contributed by atoms with Gasteiger partial charge in [0.2, 0.25) is 0 Å². The fourth-order valence-electron chi connectivity index (χ4n) is 4.61. The topological polar surface area (TPSA) is 108 Å². The summed E-state index contributed by atoms with van der Waals surface area (Å²) in [5.41, 5.74) is 7.23. The van der Waals surface area contributed by atoms with Gasteiger partial charge < -0.3 is 15.8 Å². The number of carbonyl (C=O) groups is 1. The van der Waals surface area contributed by atoms with Crippen LogP contribution in [0, 0.1) is 11.6 Å². The van der Waals surface area contributed by atoms with Crippen molar-refractivity contribution in [3.8, 4) is 17.0 Å². The van der Waals surface area contributed by atoms with Crippen molar-refractivity contribution in [2.75, 3.05) is 12.8 Å². The van der Waals surface area contributed by atoms with E-state index in [1.807, 2.05) is 0 Å². The van der Waals surface area contributed by atoms with Crippen molar-refractivity contribution in [3.05, 3.63) is 65.5 Å². The van der Waals surface area contributed by atoms with E-state index in [1.54, 1.807) is 28.9 Å². The Morgan fingerprint density at radius 2 is 1.89 bits per heavy atom. The molecule has 0 saturated heterocycles. The van der Waals surface area contributed by atoms with Gasteiger partial charge in [-0.25, -0.2) is 23.4 Å². The molecule has 8 nitrogen and oxygen atoms in total. The van der Waals surface area contributed by atoms with Crippen LogP contribution in [-0.4, -0.2) is 32.8 Å². The second-order valence-electron chi connectivity index (χ2n) is 8.49. The van der Waals surface area contributed by atoms with E-state index in [0.29, 0.717) is 22.5 Å². The number of fused-ring (bicyclic) bond motifs is 1. The molecule has 0 radical (unpaired) electrons. The quantitative estimate of drug-likeness (QED) is 0.425. The van der Waals surface area contributed by atoms with E-state index >= 15 is 8.78 Å². The monoisotopic (exact) mass is 478 g/mol. The second kappa shape index (κ2) is 9.28. The smallest absolute Gasteiger partial charge is 0.255 e. The molecular weight excluding hydrogens is 454 g/mol. The van der Waals surface area contributed by atoms with Crippen LogP contribution < -0.4 is 15.8 Å². The van der Waals surface area contributed by atoms with Gasteiger partial charge in [-0.05, 0) is 37.1 Å². The largest absolute Gasteiger partial charge is 0.496 e. The molecule has 2 heterocycles. The highest BCUT2D eigenvalue weighted by molar-refractivity contribution is 5.98. The number of nitrogen functional groups attached to an aromatic ring is 1. The summed E-state index contributed by atoms with van der Waals surface area (Å²) in [5.74, 6) is -1.55. The highest BCUT2D eigenvalue weighted by atomic mass is 19.1. The molecule has 2 aromatic heterocycles. The fourth-order valence-corrected chi connectivity index (χ4v) is 4.61. The van der Waals surface area contributed by atoms with E-state index in [4.69, 9.17) is 10.5 Å². The molecular formula is C25H24F2N6O2. The summed E-state index contributed by atoms with van der Waals surface area (Å²) in [7, 11) is 1.44. The Bertz CT molecular complexity index is 1390. The van der Waals surface area contributed by atoms with Gasteiger partial charge in [-0.1, -0.05) is 25.0 Å². The molecule has 1 aliphatic rings. The molecule has 0 atom stereocenters. The van der Waals surface area contributed by atoms with E-state index in [1.165, 1.54) is 25.6 Å². The minimum atomic E-state index is -0.806. The number of amides is 1. The molecule has 1 saturated carbocycles. The molecule has 3 N–H and O–H groups in total. The number of rotatable bonds is 6. The highest BCUT2D eigenvalue weighted by Crippen LogP contribution is 2.37. The zero-order valence-corrected chi connectivity index (χ0v) is 19.1. The van der Waals surface area contributed by atoms with Crippen LogP contribution >= 0.6 is 0 Å². The molecule has 180 valence electrons. The lowest BCUT2D eigenvalue weighted by Gasteiger charge is -2.11. The first-order valence-corrected chi connectivity index (χ1v) is 11.4. The Kier molecular flexibility index (Phi) is 6.02. The second-order valence-corrected chi connectivity index (χ2v) is 8.49. The first-order chi connectivity index (χ1) is 17.0. The maximum atomic E-state index is 15.1. The summed E-state index contributed by atoms with van der Waals surface area (Å²) in [6.07, 6.45) is 5.44. The lowest BCUT2D eigenvalue weighted by atomic mass is 10.1. The average molecular weight is 479 g/mol. The Labute approximate surface area is 200 Å². The van der Waals surface area contributed by atoms with Crippen molar-refractivity contribution >= 4 is 22.8 Å². The van der Waals surface area contributed by atoms with Crippen LogP contribution in [0.5, 0.6) is 5.75 Å². The average Bonchev–Trinajstić information content (AvgIpc) is 3.52. The van der Waals surface area contributed by atoms with Gasteiger partial charge in [-0.15, -0.1) is 0 Å². The number of carbonyl (C=O) groups excluding carboxylic acids is 1. The zero-order chi connectivity index (χ0) is 24.5. The zero-order valence-electron chi connectivity index (χ0n) is 19.1. The van der Waals surface area contributed by atoms with E-state index in [-0.39, 0.29) is 35.1 Å². The van der Waals surface area contributed by atoms with Crippen molar-refractivity contribution in [1.82, 2.24) is 25.1 Å². The fraction of sp³-hybridized carbons (Fsp3) is 0.280. The van der Waals surface area contributed by atoms with Gasteiger partial charge in [-0.2, -0.15) is 5.10 Å². The number of methoxy groups -OCH3 is 1. The van der Waals surface area contributed by atoms with Gasteiger partial charge in [0, 0.05) is 17.7 Å². The lowest BCUT2D eigenvalue weighted by Crippen LogP contribution is -2.24. The van der Waals surface area contributed by atoms with Crippen LogP contribution in [0.2, 0.25) is 0 Å². The molecule has 0 unspecified atom stereocenters. The number of nitrogens with two attached hydrogens (primary N) is 1. The van der Waals surface area contributed by atoms with Crippen LogP contribution in [0.15, 0.2) is 42.7 Å². The van der Waals surface area contributed by atoms with Crippen LogP contribution in [-0.2, 0) is 6.54 Å². The predicted octanol–water partition coefficient (Wildman–Crippen LogP) is 4.41. The van der Waals surface area contributed by atoms with Gasteiger partial charge in [0.05, 0.1) is 24.1 Å². The van der Waals surface area contributed by atoms with Gasteiger partial charge in [-0.3, -0.25) is 4.79 Å².